The first kappa shape index (κ1) is 18.5. The maximum absolute atomic E-state index is 5.24. The highest BCUT2D eigenvalue weighted by molar-refractivity contribution is 5.85. The number of aromatic nitrogens is 2. The van der Waals surface area contributed by atoms with Crippen molar-refractivity contribution in [3.05, 3.63) is 93.3 Å². The summed E-state index contributed by atoms with van der Waals surface area (Å²) in [6.45, 7) is 8.87. The molecule has 0 bridgehead atoms. The summed E-state index contributed by atoms with van der Waals surface area (Å²) in [5.41, 5.74) is 18.7. The molecule has 0 saturated heterocycles. The maximum Gasteiger partial charge on any atom is 0.216 e. The van der Waals surface area contributed by atoms with E-state index in [1.54, 1.807) is 0 Å². The molecule has 0 N–H and O–H groups in total. The van der Waals surface area contributed by atoms with E-state index in [2.05, 4.69) is 88.0 Å². The molecule has 0 fully saturated rings. The molecule has 31 heavy (non-hydrogen) atoms. The minimum absolute atomic E-state index is 0.947. The molecule has 2 nitrogen and oxygen atoms in total. The van der Waals surface area contributed by atoms with Crippen molar-refractivity contribution in [3.8, 4) is 33.6 Å². The van der Waals surface area contributed by atoms with Crippen molar-refractivity contribution in [1.82, 2.24) is 4.98 Å². The van der Waals surface area contributed by atoms with E-state index in [9.17, 15) is 0 Å². The third-order valence-corrected chi connectivity index (χ3v) is 7.34. The Balaban J connectivity index is 1.55. The molecule has 0 aliphatic heterocycles. The van der Waals surface area contributed by atoms with Gasteiger partial charge in [-0.05, 0) is 73.2 Å². The number of pyridine rings is 2. The quantitative estimate of drug-likeness (QED) is 0.310. The van der Waals surface area contributed by atoms with Gasteiger partial charge in [0.2, 0.25) is 5.69 Å². The van der Waals surface area contributed by atoms with Gasteiger partial charge in [0.25, 0.3) is 0 Å². The van der Waals surface area contributed by atoms with E-state index in [0.717, 1.165) is 12.8 Å². The first-order valence-corrected chi connectivity index (χ1v) is 11.1. The Morgan fingerprint density at radius 1 is 0.774 bits per heavy atom. The number of hydrogen-bond donors (Lipinski definition) is 0. The van der Waals surface area contributed by atoms with Crippen LogP contribution in [0.25, 0.3) is 33.6 Å². The van der Waals surface area contributed by atoms with Crippen LogP contribution in [0.4, 0.5) is 0 Å². The van der Waals surface area contributed by atoms with Gasteiger partial charge in [-0.2, -0.15) is 0 Å². The lowest BCUT2D eigenvalue weighted by Crippen LogP contribution is -2.32. The average molecular weight is 404 g/mol. The van der Waals surface area contributed by atoms with E-state index in [4.69, 9.17) is 4.98 Å². The van der Waals surface area contributed by atoms with Crippen LogP contribution in [0.2, 0.25) is 0 Å². The van der Waals surface area contributed by atoms with E-state index in [1.165, 1.54) is 78.3 Å². The number of benzene rings is 2. The second-order valence-corrected chi connectivity index (χ2v) is 9.37. The summed E-state index contributed by atoms with van der Waals surface area (Å²) in [7, 11) is 2.17. The van der Waals surface area contributed by atoms with Crippen LogP contribution in [-0.4, -0.2) is 4.98 Å². The number of hydrogen-bond acceptors (Lipinski definition) is 1. The van der Waals surface area contributed by atoms with Gasteiger partial charge in [0, 0.05) is 41.2 Å². The Labute approximate surface area is 184 Å². The van der Waals surface area contributed by atoms with Crippen molar-refractivity contribution in [1.29, 1.82) is 0 Å². The van der Waals surface area contributed by atoms with Crippen molar-refractivity contribution in [2.24, 2.45) is 7.05 Å². The van der Waals surface area contributed by atoms with Crippen molar-refractivity contribution in [3.63, 3.8) is 0 Å². The van der Waals surface area contributed by atoms with E-state index < -0.39 is 0 Å². The SMILES string of the molecule is Cc1cc(C)c(C)c(-c2c3c(cc[n+]2C)-c2nc4c(cc2C3)-c2cccc(C)c2C4)c1. The Morgan fingerprint density at radius 2 is 1.61 bits per heavy atom. The first-order chi connectivity index (χ1) is 14.9. The van der Waals surface area contributed by atoms with Crippen molar-refractivity contribution in [2.45, 2.75) is 40.5 Å². The highest BCUT2D eigenvalue weighted by Crippen LogP contribution is 2.45. The van der Waals surface area contributed by atoms with Crippen LogP contribution < -0.4 is 4.57 Å². The third-order valence-electron chi connectivity index (χ3n) is 7.34. The second kappa shape index (κ2) is 6.37. The smallest absolute Gasteiger partial charge is 0.216 e. The molecule has 0 unspecified atom stereocenters. The van der Waals surface area contributed by atoms with Gasteiger partial charge in [-0.15, -0.1) is 0 Å². The topological polar surface area (TPSA) is 16.8 Å². The number of nitrogens with zero attached hydrogens (tertiary/aromatic N) is 2. The lowest BCUT2D eigenvalue weighted by Gasteiger charge is -2.12. The van der Waals surface area contributed by atoms with E-state index in [1.807, 2.05) is 0 Å². The Bertz CT molecular complexity index is 1430. The summed E-state index contributed by atoms with van der Waals surface area (Å²) in [4.78, 5) is 5.24. The Kier molecular flexibility index (Phi) is 3.80. The van der Waals surface area contributed by atoms with Gasteiger partial charge in [-0.1, -0.05) is 29.8 Å². The molecule has 2 heteroatoms. The first-order valence-electron chi connectivity index (χ1n) is 11.1. The van der Waals surface area contributed by atoms with Crippen LogP contribution in [0.15, 0.2) is 48.7 Å². The molecule has 0 atom stereocenters. The Morgan fingerprint density at radius 3 is 2.45 bits per heavy atom. The summed E-state index contributed by atoms with van der Waals surface area (Å²) < 4.78 is 2.29. The maximum atomic E-state index is 5.24. The van der Waals surface area contributed by atoms with Crippen LogP contribution in [0.1, 0.15) is 44.6 Å². The fraction of sp³-hybridized carbons (Fsp3) is 0.241. The van der Waals surface area contributed by atoms with Gasteiger partial charge in [0.15, 0.2) is 6.20 Å². The molecule has 2 heterocycles. The number of rotatable bonds is 1. The van der Waals surface area contributed by atoms with Crippen molar-refractivity contribution >= 4 is 0 Å². The van der Waals surface area contributed by atoms with E-state index >= 15 is 0 Å². The van der Waals surface area contributed by atoms with Gasteiger partial charge < -0.3 is 0 Å². The van der Waals surface area contributed by atoms with Gasteiger partial charge in [-0.3, -0.25) is 4.98 Å². The molecule has 2 aromatic heterocycles. The normalized spacial score (nSPS) is 13.1. The third kappa shape index (κ3) is 2.57. The molecule has 152 valence electrons. The summed E-state index contributed by atoms with van der Waals surface area (Å²) in [6.07, 6.45) is 4.10. The summed E-state index contributed by atoms with van der Waals surface area (Å²) in [6, 6.07) is 15.9. The van der Waals surface area contributed by atoms with E-state index in [0.29, 0.717) is 0 Å². The lowest BCUT2D eigenvalue weighted by molar-refractivity contribution is -0.660. The molecule has 2 aromatic carbocycles. The van der Waals surface area contributed by atoms with E-state index in [-0.39, 0.29) is 0 Å². The van der Waals surface area contributed by atoms with Gasteiger partial charge in [-0.25, -0.2) is 4.57 Å². The predicted octanol–water partition coefficient (Wildman–Crippen LogP) is 5.95. The molecular weight excluding hydrogens is 376 g/mol. The Hall–Kier alpha value is -3.26. The summed E-state index contributed by atoms with van der Waals surface area (Å²) in [5.74, 6) is 0. The fourth-order valence-electron chi connectivity index (χ4n) is 5.62. The molecule has 2 aliphatic carbocycles. The van der Waals surface area contributed by atoms with Crippen LogP contribution >= 0.6 is 0 Å². The monoisotopic (exact) mass is 403 g/mol. The standard InChI is InChI=1S/C29H27N2/c1-16-11-18(3)19(4)24(12-16)29-26-14-20-13-25-21-8-6-7-17(2)23(21)15-27(25)30-28(20)22(26)9-10-31(29)5/h6-13H,14-15H2,1-5H3/q+1. The minimum Gasteiger partial charge on any atom is -0.252 e. The largest absolute Gasteiger partial charge is 0.252 e. The van der Waals surface area contributed by atoms with Gasteiger partial charge >= 0.3 is 0 Å². The predicted molar refractivity (Wildman–Crippen MR) is 126 cm³/mol. The molecule has 2 aliphatic rings. The summed E-state index contributed by atoms with van der Waals surface area (Å²) >= 11 is 0. The minimum atomic E-state index is 0.947. The number of aryl methyl sites for hydroxylation is 4. The average Bonchev–Trinajstić information content (AvgIpc) is 3.28. The van der Waals surface area contributed by atoms with Gasteiger partial charge in [0.1, 0.15) is 7.05 Å². The molecule has 0 radical (unpaired) electrons. The van der Waals surface area contributed by atoms with Crippen LogP contribution in [-0.2, 0) is 19.9 Å². The summed E-state index contributed by atoms with van der Waals surface area (Å²) in [5, 5.41) is 0. The van der Waals surface area contributed by atoms with Crippen LogP contribution in [0.5, 0.6) is 0 Å². The number of fused-ring (bicyclic) bond motifs is 6. The highest BCUT2D eigenvalue weighted by atomic mass is 14.9. The second-order valence-electron chi connectivity index (χ2n) is 9.37. The zero-order valence-electron chi connectivity index (χ0n) is 18.9. The molecule has 0 saturated carbocycles. The molecule has 4 aromatic rings. The highest BCUT2D eigenvalue weighted by Gasteiger charge is 2.32. The molecule has 0 amide bonds. The van der Waals surface area contributed by atoms with Crippen LogP contribution in [0.3, 0.4) is 0 Å². The van der Waals surface area contributed by atoms with Crippen LogP contribution in [0, 0.1) is 27.7 Å². The van der Waals surface area contributed by atoms with Crippen molar-refractivity contribution in [2.75, 3.05) is 0 Å². The molecular formula is C29H27N2+. The zero-order valence-corrected chi connectivity index (χ0v) is 18.9. The molecule has 0 spiro atoms. The van der Waals surface area contributed by atoms with Crippen molar-refractivity contribution < 1.29 is 4.57 Å². The zero-order chi connectivity index (χ0) is 21.4. The fourth-order valence-corrected chi connectivity index (χ4v) is 5.62. The molecule has 6 rings (SSSR count). The van der Waals surface area contributed by atoms with Gasteiger partial charge in [0.05, 0.1) is 11.4 Å². The lowest BCUT2D eigenvalue weighted by atomic mass is 9.93.